The number of para-hydroxylation sites is 2. The minimum Gasteiger partial charge on any atom is -0.507 e. The molecule has 0 spiro atoms. The van der Waals surface area contributed by atoms with Gasteiger partial charge in [0.15, 0.2) is 0 Å². The Bertz CT molecular complexity index is 628. The number of hydrogen-bond acceptors (Lipinski definition) is 4. The molecule has 143 valence electrons. The molecule has 0 aliphatic heterocycles. The van der Waals surface area contributed by atoms with Crippen LogP contribution in [0.5, 0.6) is 11.5 Å². The van der Waals surface area contributed by atoms with E-state index in [1.807, 2.05) is 24.3 Å². The minimum absolute atomic E-state index is 0. The maximum Gasteiger partial charge on any atom is 3.00 e. The van der Waals surface area contributed by atoms with Crippen molar-refractivity contribution < 1.29 is 27.6 Å². The smallest absolute Gasteiger partial charge is 0.507 e. The molecule has 4 nitrogen and oxygen atoms in total. The Labute approximate surface area is 173 Å². The summed E-state index contributed by atoms with van der Waals surface area (Å²) >= 11 is 0. The number of phenolic OH excluding ortho intramolecular Hbond substituents is 2. The van der Waals surface area contributed by atoms with Crippen molar-refractivity contribution in [2.45, 2.75) is 39.5 Å². The van der Waals surface area contributed by atoms with E-state index in [-0.39, 0.29) is 17.4 Å². The fraction of sp³-hybridized carbons (Fsp3) is 0.364. The summed E-state index contributed by atoms with van der Waals surface area (Å²) in [5, 5.41) is 18.8. The average molecular weight is 406 g/mol. The summed E-state index contributed by atoms with van der Waals surface area (Å²) in [6, 6.07) is 14.4. The summed E-state index contributed by atoms with van der Waals surface area (Å²) in [6.07, 6.45) is 7.96. The Morgan fingerprint density at radius 2 is 1.07 bits per heavy atom. The van der Waals surface area contributed by atoms with Crippen molar-refractivity contribution in [2.24, 2.45) is 9.98 Å². The zero-order chi connectivity index (χ0) is 19.0. The van der Waals surface area contributed by atoms with Crippen molar-refractivity contribution in [1.82, 2.24) is 0 Å². The fourth-order valence-electron chi connectivity index (χ4n) is 2.02. The zero-order valence-electron chi connectivity index (χ0n) is 16.2. The van der Waals surface area contributed by atoms with Gasteiger partial charge in [-0.2, -0.15) is 0 Å². The van der Waals surface area contributed by atoms with Crippen LogP contribution in [0.2, 0.25) is 0 Å². The molecule has 0 heterocycles. The van der Waals surface area contributed by atoms with Crippen LogP contribution in [0.1, 0.15) is 50.7 Å². The standard InChI is InChI=1S/2C11H15NO.Cr/c2*1-2-3-8-12-9-10-6-4-5-7-11(10)13;/h2*4-7,9,13H,2-3,8H2,1H3;/q;;+3. The van der Waals surface area contributed by atoms with Gasteiger partial charge < -0.3 is 10.2 Å². The summed E-state index contributed by atoms with van der Waals surface area (Å²) in [4.78, 5) is 8.41. The maximum atomic E-state index is 9.38. The first-order valence-electron chi connectivity index (χ1n) is 9.24. The van der Waals surface area contributed by atoms with Crippen LogP contribution in [0, 0.1) is 0 Å². The molecule has 0 bridgehead atoms. The molecule has 5 heteroatoms. The third kappa shape index (κ3) is 11.3. The third-order valence-electron chi connectivity index (χ3n) is 3.62. The Hall–Kier alpha value is -2.09. The number of unbranched alkanes of at least 4 members (excludes halogenated alkanes) is 2. The van der Waals surface area contributed by atoms with Crippen LogP contribution < -0.4 is 0 Å². The van der Waals surface area contributed by atoms with Gasteiger partial charge in [0.2, 0.25) is 0 Å². The fourth-order valence-corrected chi connectivity index (χ4v) is 2.02. The molecule has 0 amide bonds. The van der Waals surface area contributed by atoms with Crippen LogP contribution in [0.3, 0.4) is 0 Å². The Morgan fingerprint density at radius 3 is 1.41 bits per heavy atom. The van der Waals surface area contributed by atoms with Crippen LogP contribution >= 0.6 is 0 Å². The SMILES string of the molecule is CCCCN=Cc1ccccc1O.CCCCN=Cc1ccccc1O.[Cr+3]. The van der Waals surface area contributed by atoms with Gasteiger partial charge in [-0.3, -0.25) is 9.98 Å². The number of nitrogens with zero attached hydrogens (tertiary/aromatic N) is 2. The van der Waals surface area contributed by atoms with Crippen LogP contribution in [0.25, 0.3) is 0 Å². The minimum atomic E-state index is 0. The number of phenols is 2. The van der Waals surface area contributed by atoms with E-state index in [1.165, 1.54) is 0 Å². The summed E-state index contributed by atoms with van der Waals surface area (Å²) < 4.78 is 0. The Balaban J connectivity index is 0.000000483. The normalized spacial score (nSPS) is 10.4. The van der Waals surface area contributed by atoms with Gasteiger partial charge in [-0.15, -0.1) is 0 Å². The monoisotopic (exact) mass is 406 g/mol. The number of aromatic hydroxyl groups is 2. The summed E-state index contributed by atoms with van der Waals surface area (Å²) in [7, 11) is 0. The van der Waals surface area contributed by atoms with E-state index < -0.39 is 0 Å². The van der Waals surface area contributed by atoms with Gasteiger partial charge in [0.25, 0.3) is 0 Å². The molecular weight excluding hydrogens is 376 g/mol. The van der Waals surface area contributed by atoms with Crippen LogP contribution in [-0.4, -0.2) is 35.7 Å². The molecule has 2 rings (SSSR count). The Morgan fingerprint density at radius 1 is 0.704 bits per heavy atom. The number of benzene rings is 2. The summed E-state index contributed by atoms with van der Waals surface area (Å²) in [5.41, 5.74) is 1.58. The molecule has 0 saturated carbocycles. The predicted molar refractivity (Wildman–Crippen MR) is 111 cm³/mol. The van der Waals surface area contributed by atoms with E-state index in [9.17, 15) is 10.2 Å². The molecular formula is C22H30CrN2O2+3. The van der Waals surface area contributed by atoms with Gasteiger partial charge in [0.1, 0.15) is 11.5 Å². The van der Waals surface area contributed by atoms with Crippen molar-refractivity contribution in [3.8, 4) is 11.5 Å². The van der Waals surface area contributed by atoms with Gasteiger partial charge in [0.05, 0.1) is 0 Å². The molecule has 0 unspecified atom stereocenters. The van der Waals surface area contributed by atoms with Crippen LogP contribution in [-0.2, 0) is 17.4 Å². The first-order chi connectivity index (χ1) is 12.7. The van der Waals surface area contributed by atoms with Gasteiger partial charge >= 0.3 is 17.4 Å². The number of hydrogen-bond donors (Lipinski definition) is 2. The second-order valence-corrected chi connectivity index (χ2v) is 5.90. The molecule has 0 saturated heterocycles. The van der Waals surface area contributed by atoms with E-state index in [2.05, 4.69) is 23.8 Å². The first-order valence-corrected chi connectivity index (χ1v) is 9.24. The Kier molecular flexibility index (Phi) is 14.9. The second-order valence-electron chi connectivity index (χ2n) is 5.90. The van der Waals surface area contributed by atoms with Gasteiger partial charge in [-0.25, -0.2) is 0 Å². The number of aliphatic imine (C=N–C) groups is 2. The summed E-state index contributed by atoms with van der Waals surface area (Å²) in [5.74, 6) is 0.588. The van der Waals surface area contributed by atoms with E-state index in [1.54, 1.807) is 36.7 Å². The van der Waals surface area contributed by atoms with Crippen molar-refractivity contribution in [3.63, 3.8) is 0 Å². The van der Waals surface area contributed by atoms with Crippen molar-refractivity contribution in [2.75, 3.05) is 13.1 Å². The molecule has 1 radical (unpaired) electrons. The quantitative estimate of drug-likeness (QED) is 0.466. The van der Waals surface area contributed by atoms with Gasteiger partial charge in [-0.05, 0) is 37.1 Å². The van der Waals surface area contributed by atoms with Crippen molar-refractivity contribution >= 4 is 12.4 Å². The predicted octanol–water partition coefficient (Wildman–Crippen LogP) is 5.22. The molecule has 0 aliphatic carbocycles. The van der Waals surface area contributed by atoms with E-state index in [0.717, 1.165) is 49.9 Å². The average Bonchev–Trinajstić information content (AvgIpc) is 2.66. The van der Waals surface area contributed by atoms with E-state index >= 15 is 0 Å². The van der Waals surface area contributed by atoms with Crippen molar-refractivity contribution in [1.29, 1.82) is 0 Å². The topological polar surface area (TPSA) is 65.2 Å². The molecule has 0 fully saturated rings. The zero-order valence-corrected chi connectivity index (χ0v) is 17.5. The first kappa shape index (κ1) is 24.9. The molecule has 0 aromatic heterocycles. The van der Waals surface area contributed by atoms with Crippen LogP contribution in [0.4, 0.5) is 0 Å². The molecule has 2 N–H and O–H groups in total. The van der Waals surface area contributed by atoms with E-state index in [4.69, 9.17) is 0 Å². The van der Waals surface area contributed by atoms with Gasteiger partial charge in [0, 0.05) is 36.6 Å². The maximum absolute atomic E-state index is 9.38. The second kappa shape index (κ2) is 16.1. The summed E-state index contributed by atoms with van der Waals surface area (Å²) in [6.45, 7) is 5.95. The van der Waals surface area contributed by atoms with E-state index in [0.29, 0.717) is 11.5 Å². The van der Waals surface area contributed by atoms with Crippen molar-refractivity contribution in [3.05, 3.63) is 59.7 Å². The third-order valence-corrected chi connectivity index (χ3v) is 3.62. The van der Waals surface area contributed by atoms with Gasteiger partial charge in [-0.1, -0.05) is 51.0 Å². The molecule has 0 atom stereocenters. The molecule has 2 aromatic carbocycles. The number of rotatable bonds is 8. The van der Waals surface area contributed by atoms with Crippen LogP contribution in [0.15, 0.2) is 58.5 Å². The largest absolute Gasteiger partial charge is 3.00 e. The molecule has 27 heavy (non-hydrogen) atoms. The molecule has 0 aliphatic rings. The molecule has 2 aromatic rings.